The second-order valence-electron chi connectivity index (χ2n) is 3.43. The van der Waals surface area contributed by atoms with E-state index in [1.807, 2.05) is 0 Å². The molecule has 0 aliphatic heterocycles. The highest BCUT2D eigenvalue weighted by molar-refractivity contribution is 5.93. The summed E-state index contributed by atoms with van der Waals surface area (Å²) in [5.41, 5.74) is -1.73. The van der Waals surface area contributed by atoms with E-state index in [4.69, 9.17) is 0 Å². The Kier molecular flexibility index (Phi) is 3.95. The van der Waals surface area contributed by atoms with Gasteiger partial charge < -0.3 is 10.1 Å². The zero-order valence-electron chi connectivity index (χ0n) is 9.59. The molecule has 0 atom stereocenters. The average molecular weight is 261 g/mol. The second-order valence-corrected chi connectivity index (χ2v) is 3.43. The van der Waals surface area contributed by atoms with E-state index in [2.05, 4.69) is 10.1 Å². The molecule has 0 aliphatic carbocycles. The summed E-state index contributed by atoms with van der Waals surface area (Å²) in [5, 5.41) is 2.05. The fraction of sp³-hybridized carbons (Fsp3) is 0.273. The van der Waals surface area contributed by atoms with Crippen molar-refractivity contribution in [2.45, 2.75) is 13.1 Å². The molecular weight excluding hydrogens is 251 g/mol. The van der Waals surface area contributed by atoms with E-state index < -0.39 is 29.3 Å². The molecule has 1 aromatic carbocycles. The molecule has 0 saturated heterocycles. The summed E-state index contributed by atoms with van der Waals surface area (Å²) in [5.74, 6) is -1.51. The first-order valence-corrected chi connectivity index (χ1v) is 4.83. The van der Waals surface area contributed by atoms with Gasteiger partial charge in [0.05, 0.1) is 23.9 Å². The topological polar surface area (TPSA) is 55.4 Å². The predicted molar refractivity (Wildman–Crippen MR) is 57.1 cm³/mol. The van der Waals surface area contributed by atoms with Gasteiger partial charge in [-0.25, -0.2) is 4.79 Å². The lowest BCUT2D eigenvalue weighted by Crippen LogP contribution is -2.15. The van der Waals surface area contributed by atoms with Crippen LogP contribution in [0.3, 0.4) is 0 Å². The molecule has 1 rings (SSSR count). The first kappa shape index (κ1) is 14.0. The number of methoxy groups -OCH3 is 1. The van der Waals surface area contributed by atoms with Crippen molar-refractivity contribution < 1.29 is 27.5 Å². The minimum absolute atomic E-state index is 0.237. The number of esters is 1. The molecule has 18 heavy (non-hydrogen) atoms. The Morgan fingerprint density at radius 2 is 1.89 bits per heavy atom. The fourth-order valence-corrected chi connectivity index (χ4v) is 1.32. The van der Waals surface area contributed by atoms with Crippen LogP contribution in [0.5, 0.6) is 0 Å². The summed E-state index contributed by atoms with van der Waals surface area (Å²) in [6.45, 7) is 1.09. The number of hydrogen-bond acceptors (Lipinski definition) is 3. The van der Waals surface area contributed by atoms with Crippen molar-refractivity contribution in [3.05, 3.63) is 29.3 Å². The molecule has 0 radical (unpaired) electrons. The molecular formula is C11H10F3NO3. The number of alkyl halides is 3. The summed E-state index contributed by atoms with van der Waals surface area (Å²) in [6.07, 6.45) is -4.68. The summed E-state index contributed by atoms with van der Waals surface area (Å²) < 4.78 is 42.6. The van der Waals surface area contributed by atoms with E-state index in [9.17, 15) is 22.8 Å². The van der Waals surface area contributed by atoms with Crippen LogP contribution in [0, 0.1) is 0 Å². The highest BCUT2D eigenvalue weighted by Gasteiger charge is 2.34. The molecule has 0 unspecified atom stereocenters. The first-order chi connectivity index (χ1) is 8.25. The number of carbonyl (C=O) groups is 2. The van der Waals surface area contributed by atoms with Gasteiger partial charge in [0, 0.05) is 6.92 Å². The summed E-state index contributed by atoms with van der Waals surface area (Å²) in [4.78, 5) is 21.9. The van der Waals surface area contributed by atoms with Crippen LogP contribution in [0.2, 0.25) is 0 Å². The van der Waals surface area contributed by atoms with E-state index in [1.165, 1.54) is 0 Å². The monoisotopic (exact) mass is 261 g/mol. The largest absolute Gasteiger partial charge is 0.465 e. The van der Waals surface area contributed by atoms with Crippen LogP contribution in [-0.2, 0) is 15.7 Å². The number of hydrogen-bond donors (Lipinski definition) is 1. The van der Waals surface area contributed by atoms with Gasteiger partial charge in [0.15, 0.2) is 0 Å². The van der Waals surface area contributed by atoms with Crippen molar-refractivity contribution in [2.24, 2.45) is 0 Å². The molecule has 1 N–H and O–H groups in total. The quantitative estimate of drug-likeness (QED) is 0.832. The lowest BCUT2D eigenvalue weighted by atomic mass is 10.1. The Labute approximate surface area is 101 Å². The SMILES string of the molecule is COC(=O)c1ccc(NC(C)=O)c(C(F)(F)F)c1. The van der Waals surface area contributed by atoms with Crippen molar-refractivity contribution >= 4 is 17.6 Å². The van der Waals surface area contributed by atoms with E-state index >= 15 is 0 Å². The Balaban J connectivity index is 3.29. The first-order valence-electron chi connectivity index (χ1n) is 4.83. The Morgan fingerprint density at radius 3 is 2.33 bits per heavy atom. The zero-order valence-corrected chi connectivity index (χ0v) is 9.59. The maximum Gasteiger partial charge on any atom is 0.418 e. The van der Waals surface area contributed by atoms with Crippen LogP contribution in [0.1, 0.15) is 22.8 Å². The van der Waals surface area contributed by atoms with Crippen LogP contribution in [0.4, 0.5) is 18.9 Å². The molecule has 0 fully saturated rings. The molecule has 4 nitrogen and oxygen atoms in total. The number of rotatable bonds is 2. The van der Waals surface area contributed by atoms with Gasteiger partial charge in [-0.15, -0.1) is 0 Å². The lowest BCUT2D eigenvalue weighted by Gasteiger charge is -2.14. The third-order valence-electron chi connectivity index (χ3n) is 2.06. The average Bonchev–Trinajstić information content (AvgIpc) is 2.26. The standard InChI is InChI=1S/C11H10F3NO3/c1-6(16)15-9-4-3-7(10(17)18-2)5-8(9)11(12,13)14/h3-5H,1-2H3,(H,15,16). The molecule has 1 amide bonds. The fourth-order valence-electron chi connectivity index (χ4n) is 1.32. The Bertz CT molecular complexity index is 483. The van der Waals surface area contributed by atoms with E-state index in [0.29, 0.717) is 6.07 Å². The van der Waals surface area contributed by atoms with Gasteiger partial charge >= 0.3 is 12.1 Å². The maximum absolute atomic E-state index is 12.7. The third kappa shape index (κ3) is 3.22. The number of amides is 1. The smallest absolute Gasteiger partial charge is 0.418 e. The summed E-state index contributed by atoms with van der Waals surface area (Å²) in [6, 6.07) is 2.79. The van der Waals surface area contributed by atoms with Crippen molar-refractivity contribution in [1.82, 2.24) is 0 Å². The summed E-state index contributed by atoms with van der Waals surface area (Å²) >= 11 is 0. The number of halogens is 3. The molecule has 0 heterocycles. The molecule has 0 saturated carbocycles. The number of ether oxygens (including phenoxy) is 1. The van der Waals surface area contributed by atoms with Gasteiger partial charge in [0.25, 0.3) is 0 Å². The van der Waals surface area contributed by atoms with E-state index in [-0.39, 0.29) is 5.56 Å². The number of carbonyl (C=O) groups excluding carboxylic acids is 2. The minimum Gasteiger partial charge on any atom is -0.465 e. The zero-order chi connectivity index (χ0) is 13.9. The van der Waals surface area contributed by atoms with Crippen molar-refractivity contribution in [1.29, 1.82) is 0 Å². The highest BCUT2D eigenvalue weighted by atomic mass is 19.4. The van der Waals surface area contributed by atoms with Gasteiger partial charge in [-0.05, 0) is 18.2 Å². The van der Waals surface area contributed by atoms with Gasteiger partial charge in [0.2, 0.25) is 5.91 Å². The van der Waals surface area contributed by atoms with Crippen molar-refractivity contribution in [3.63, 3.8) is 0 Å². The van der Waals surface area contributed by atoms with E-state index in [0.717, 1.165) is 26.2 Å². The van der Waals surface area contributed by atoms with E-state index in [1.54, 1.807) is 0 Å². The van der Waals surface area contributed by atoms with Gasteiger partial charge in [-0.1, -0.05) is 0 Å². The van der Waals surface area contributed by atoms with Crippen LogP contribution < -0.4 is 5.32 Å². The van der Waals surface area contributed by atoms with Crippen LogP contribution >= 0.6 is 0 Å². The molecule has 7 heteroatoms. The van der Waals surface area contributed by atoms with Gasteiger partial charge in [0.1, 0.15) is 0 Å². The predicted octanol–water partition coefficient (Wildman–Crippen LogP) is 2.45. The Morgan fingerprint density at radius 1 is 1.28 bits per heavy atom. The third-order valence-corrected chi connectivity index (χ3v) is 2.06. The number of nitrogens with one attached hydrogen (secondary N) is 1. The Hall–Kier alpha value is -2.05. The molecule has 0 aromatic heterocycles. The second kappa shape index (κ2) is 5.07. The molecule has 0 spiro atoms. The minimum atomic E-state index is -4.68. The maximum atomic E-state index is 12.7. The van der Waals surface area contributed by atoms with Crippen molar-refractivity contribution in [2.75, 3.05) is 12.4 Å². The molecule has 98 valence electrons. The van der Waals surface area contributed by atoms with Crippen LogP contribution in [0.15, 0.2) is 18.2 Å². The summed E-state index contributed by atoms with van der Waals surface area (Å²) in [7, 11) is 1.07. The van der Waals surface area contributed by atoms with Crippen LogP contribution in [-0.4, -0.2) is 19.0 Å². The lowest BCUT2D eigenvalue weighted by molar-refractivity contribution is -0.137. The van der Waals surface area contributed by atoms with Crippen LogP contribution in [0.25, 0.3) is 0 Å². The molecule has 0 aliphatic rings. The normalized spacial score (nSPS) is 10.9. The number of anilines is 1. The van der Waals surface area contributed by atoms with Crippen molar-refractivity contribution in [3.8, 4) is 0 Å². The molecule has 1 aromatic rings. The van der Waals surface area contributed by atoms with Gasteiger partial charge in [-0.2, -0.15) is 13.2 Å². The number of benzene rings is 1. The molecule has 0 bridgehead atoms. The van der Waals surface area contributed by atoms with Gasteiger partial charge in [-0.3, -0.25) is 4.79 Å². The highest BCUT2D eigenvalue weighted by Crippen LogP contribution is 2.35.